The maximum Gasteiger partial charge on any atom is 0.244 e. The number of nitrogens with one attached hydrogen (secondary N) is 1. The third-order valence-corrected chi connectivity index (χ3v) is 4.13. The fourth-order valence-corrected chi connectivity index (χ4v) is 2.55. The average molecular weight is 269 g/mol. The molecule has 2 aromatic rings. The zero-order valence-electron chi connectivity index (χ0n) is 11.8. The van der Waals surface area contributed by atoms with Gasteiger partial charge in [-0.25, -0.2) is 0 Å². The molecule has 4 nitrogen and oxygen atoms in total. The minimum Gasteiger partial charge on any atom is -0.324 e. The Kier molecular flexibility index (Phi) is 2.98. The van der Waals surface area contributed by atoms with Crippen molar-refractivity contribution in [1.82, 2.24) is 4.98 Å². The zero-order chi connectivity index (χ0) is 14.3. The highest BCUT2D eigenvalue weighted by atomic mass is 16.2. The van der Waals surface area contributed by atoms with Crippen LogP contribution in [0.15, 0.2) is 30.5 Å². The minimum atomic E-state index is -0.792. The van der Waals surface area contributed by atoms with Crippen molar-refractivity contribution in [2.24, 2.45) is 11.7 Å². The number of anilines is 1. The number of aromatic nitrogens is 1. The van der Waals surface area contributed by atoms with E-state index < -0.39 is 5.54 Å². The second-order valence-corrected chi connectivity index (χ2v) is 5.84. The summed E-state index contributed by atoms with van der Waals surface area (Å²) >= 11 is 0. The van der Waals surface area contributed by atoms with E-state index in [2.05, 4.69) is 10.3 Å². The summed E-state index contributed by atoms with van der Waals surface area (Å²) in [5.41, 5.74) is 8.15. The van der Waals surface area contributed by atoms with Gasteiger partial charge in [-0.3, -0.25) is 9.78 Å². The molecule has 3 N–H and O–H groups in total. The van der Waals surface area contributed by atoms with Crippen molar-refractivity contribution in [3.8, 4) is 0 Å². The number of pyridine rings is 1. The van der Waals surface area contributed by atoms with Gasteiger partial charge < -0.3 is 11.1 Å². The molecule has 1 aromatic heterocycles. The van der Waals surface area contributed by atoms with Crippen LogP contribution in [0.5, 0.6) is 0 Å². The van der Waals surface area contributed by atoms with Crippen LogP contribution >= 0.6 is 0 Å². The Labute approximate surface area is 118 Å². The number of benzene rings is 1. The topological polar surface area (TPSA) is 68.0 Å². The van der Waals surface area contributed by atoms with Crippen molar-refractivity contribution in [2.45, 2.75) is 32.2 Å². The summed E-state index contributed by atoms with van der Waals surface area (Å²) in [5, 5.41) is 3.92. The Bertz CT molecular complexity index is 674. The largest absolute Gasteiger partial charge is 0.324 e. The van der Waals surface area contributed by atoms with Gasteiger partial charge >= 0.3 is 0 Å². The van der Waals surface area contributed by atoms with Crippen molar-refractivity contribution in [3.63, 3.8) is 0 Å². The third kappa shape index (κ3) is 2.16. The molecule has 20 heavy (non-hydrogen) atoms. The molecule has 1 atom stereocenters. The van der Waals surface area contributed by atoms with E-state index in [0.717, 1.165) is 35.0 Å². The number of amides is 1. The maximum absolute atomic E-state index is 12.4. The number of hydrogen-bond acceptors (Lipinski definition) is 3. The lowest BCUT2D eigenvalue weighted by atomic mass is 9.96. The highest BCUT2D eigenvalue weighted by Gasteiger charge is 2.44. The first-order valence-electron chi connectivity index (χ1n) is 6.95. The lowest BCUT2D eigenvalue weighted by Crippen LogP contribution is -2.50. The number of nitrogens with two attached hydrogens (primary N) is 1. The van der Waals surface area contributed by atoms with Crippen LogP contribution in [-0.2, 0) is 4.79 Å². The monoisotopic (exact) mass is 269 g/mol. The first-order valence-corrected chi connectivity index (χ1v) is 6.95. The van der Waals surface area contributed by atoms with Crippen LogP contribution in [0.4, 0.5) is 5.69 Å². The summed E-state index contributed by atoms with van der Waals surface area (Å²) in [6, 6.07) is 7.73. The smallest absolute Gasteiger partial charge is 0.244 e. The molecule has 0 aliphatic heterocycles. The SMILES string of the molecule is Cc1ccc(NC(=O)C(C)(N)C2CC2)c2cccnc12. The van der Waals surface area contributed by atoms with Crippen molar-refractivity contribution in [3.05, 3.63) is 36.0 Å². The molecule has 1 aliphatic rings. The molecule has 4 heteroatoms. The third-order valence-electron chi connectivity index (χ3n) is 4.13. The standard InChI is InChI=1S/C16H19N3O/c1-10-5-8-13(12-4-3-9-18-14(10)12)19-15(20)16(2,17)11-6-7-11/h3-5,8-9,11H,6-7,17H2,1-2H3,(H,19,20). The summed E-state index contributed by atoms with van der Waals surface area (Å²) in [7, 11) is 0. The van der Waals surface area contributed by atoms with Crippen molar-refractivity contribution >= 4 is 22.5 Å². The van der Waals surface area contributed by atoms with Gasteiger partial charge in [0.15, 0.2) is 0 Å². The summed E-state index contributed by atoms with van der Waals surface area (Å²) in [5.74, 6) is 0.186. The molecular weight excluding hydrogens is 250 g/mol. The molecule has 1 heterocycles. The molecule has 3 rings (SSSR count). The first-order chi connectivity index (χ1) is 9.50. The number of hydrogen-bond donors (Lipinski definition) is 2. The number of rotatable bonds is 3. The zero-order valence-corrected chi connectivity index (χ0v) is 11.8. The lowest BCUT2D eigenvalue weighted by Gasteiger charge is -2.23. The average Bonchev–Trinajstić information content (AvgIpc) is 3.27. The van der Waals surface area contributed by atoms with E-state index in [1.54, 1.807) is 6.20 Å². The molecule has 0 spiro atoms. The van der Waals surface area contributed by atoms with Crippen LogP contribution in [0.2, 0.25) is 0 Å². The van der Waals surface area contributed by atoms with E-state index in [0.29, 0.717) is 5.92 Å². The molecule has 0 bridgehead atoms. The van der Waals surface area contributed by atoms with Crippen LogP contribution < -0.4 is 11.1 Å². The molecule has 0 radical (unpaired) electrons. The Morgan fingerprint density at radius 3 is 2.85 bits per heavy atom. The van der Waals surface area contributed by atoms with Crippen LogP contribution in [0.25, 0.3) is 10.9 Å². The normalized spacial score (nSPS) is 17.8. The van der Waals surface area contributed by atoms with Gasteiger partial charge in [-0.2, -0.15) is 0 Å². The summed E-state index contributed by atoms with van der Waals surface area (Å²) in [6.45, 7) is 3.83. The van der Waals surface area contributed by atoms with Crippen molar-refractivity contribution in [2.75, 3.05) is 5.32 Å². The van der Waals surface area contributed by atoms with Crippen LogP contribution in [0.1, 0.15) is 25.3 Å². The molecular formula is C16H19N3O. The predicted molar refractivity (Wildman–Crippen MR) is 80.4 cm³/mol. The number of nitrogens with zero attached hydrogens (tertiary/aromatic N) is 1. The van der Waals surface area contributed by atoms with E-state index in [9.17, 15) is 4.79 Å². The summed E-state index contributed by atoms with van der Waals surface area (Å²) < 4.78 is 0. The lowest BCUT2D eigenvalue weighted by molar-refractivity contribution is -0.121. The molecule has 1 aromatic carbocycles. The predicted octanol–water partition coefficient (Wildman–Crippen LogP) is 2.61. The molecule has 1 fully saturated rings. The summed E-state index contributed by atoms with van der Waals surface area (Å²) in [6.07, 6.45) is 3.84. The minimum absolute atomic E-state index is 0.117. The van der Waals surface area contributed by atoms with Gasteiger partial charge in [-0.1, -0.05) is 6.07 Å². The highest BCUT2D eigenvalue weighted by molar-refractivity contribution is 6.05. The fraction of sp³-hybridized carbons (Fsp3) is 0.375. The van der Waals surface area contributed by atoms with Crippen LogP contribution in [0, 0.1) is 12.8 Å². The van der Waals surface area contributed by atoms with E-state index in [1.165, 1.54) is 0 Å². The second kappa shape index (κ2) is 4.56. The number of carbonyl (C=O) groups is 1. The quantitative estimate of drug-likeness (QED) is 0.900. The van der Waals surface area contributed by atoms with Crippen molar-refractivity contribution in [1.29, 1.82) is 0 Å². The van der Waals surface area contributed by atoms with E-state index in [1.807, 2.05) is 38.1 Å². The Balaban J connectivity index is 1.95. The van der Waals surface area contributed by atoms with Gasteiger partial charge in [0, 0.05) is 11.6 Å². The fourth-order valence-electron chi connectivity index (χ4n) is 2.55. The Hall–Kier alpha value is -1.94. The van der Waals surface area contributed by atoms with Gasteiger partial charge in [0.05, 0.1) is 16.7 Å². The highest BCUT2D eigenvalue weighted by Crippen LogP contribution is 2.38. The molecule has 1 unspecified atom stereocenters. The Morgan fingerprint density at radius 2 is 2.15 bits per heavy atom. The van der Waals surface area contributed by atoms with Crippen LogP contribution in [-0.4, -0.2) is 16.4 Å². The number of fused-ring (bicyclic) bond motifs is 1. The summed E-state index contributed by atoms with van der Waals surface area (Å²) in [4.78, 5) is 16.8. The van der Waals surface area contributed by atoms with E-state index in [4.69, 9.17) is 5.73 Å². The Morgan fingerprint density at radius 1 is 1.40 bits per heavy atom. The van der Waals surface area contributed by atoms with Gasteiger partial charge in [0.2, 0.25) is 5.91 Å². The molecule has 104 valence electrons. The molecule has 0 saturated heterocycles. The molecule has 1 aliphatic carbocycles. The molecule has 1 saturated carbocycles. The van der Waals surface area contributed by atoms with Gasteiger partial charge in [0.25, 0.3) is 0 Å². The number of carbonyl (C=O) groups excluding carboxylic acids is 1. The first kappa shape index (κ1) is 13.1. The maximum atomic E-state index is 12.4. The molecule has 1 amide bonds. The van der Waals surface area contributed by atoms with Crippen LogP contribution in [0.3, 0.4) is 0 Å². The van der Waals surface area contributed by atoms with E-state index in [-0.39, 0.29) is 5.91 Å². The number of aryl methyl sites for hydroxylation is 1. The second-order valence-electron chi connectivity index (χ2n) is 5.84. The van der Waals surface area contributed by atoms with E-state index >= 15 is 0 Å². The van der Waals surface area contributed by atoms with Crippen molar-refractivity contribution < 1.29 is 4.79 Å². The van der Waals surface area contributed by atoms with Gasteiger partial charge in [-0.15, -0.1) is 0 Å². The van der Waals surface area contributed by atoms with Gasteiger partial charge in [0.1, 0.15) is 0 Å². The van der Waals surface area contributed by atoms with Gasteiger partial charge in [-0.05, 0) is 56.4 Å².